The first-order chi connectivity index (χ1) is 34.5. The van der Waals surface area contributed by atoms with Gasteiger partial charge in [-0.05, 0) is 64.2 Å². The fourth-order valence-electron chi connectivity index (χ4n) is 10.2. The van der Waals surface area contributed by atoms with Crippen molar-refractivity contribution in [3.63, 3.8) is 0 Å². The van der Waals surface area contributed by atoms with Gasteiger partial charge >= 0.3 is 0 Å². The molecule has 6 heteroatoms. The van der Waals surface area contributed by atoms with Gasteiger partial charge in [-0.1, -0.05) is 308 Å². The summed E-state index contributed by atoms with van der Waals surface area (Å²) in [5.74, 6) is -0.592. The molecule has 0 aliphatic carbocycles. The van der Waals surface area contributed by atoms with Gasteiger partial charge in [0.1, 0.15) is 12.2 Å². The van der Waals surface area contributed by atoms with Crippen molar-refractivity contribution in [1.82, 2.24) is 5.32 Å². The lowest BCUT2D eigenvalue weighted by Gasteiger charge is -2.27. The minimum atomic E-state index is -1.28. The number of carbonyl (C=O) groups is 1. The normalized spacial score (nSPS) is 13.7. The van der Waals surface area contributed by atoms with E-state index in [4.69, 9.17) is 0 Å². The van der Waals surface area contributed by atoms with Crippen LogP contribution in [0.25, 0.3) is 0 Å². The quantitative estimate of drug-likeness (QED) is 0.0308. The van der Waals surface area contributed by atoms with E-state index in [1.807, 2.05) is 0 Å². The van der Waals surface area contributed by atoms with E-state index < -0.39 is 36.9 Å². The van der Waals surface area contributed by atoms with E-state index in [9.17, 15) is 25.2 Å². The maximum Gasteiger partial charge on any atom is 0.249 e. The van der Waals surface area contributed by atoms with Gasteiger partial charge in [0.25, 0.3) is 0 Å². The number of amides is 1. The third kappa shape index (κ3) is 51.7. The second-order valence-corrected chi connectivity index (χ2v) is 22.1. The highest BCUT2D eigenvalue weighted by molar-refractivity contribution is 5.80. The van der Waals surface area contributed by atoms with E-state index in [0.29, 0.717) is 12.8 Å². The predicted molar refractivity (Wildman–Crippen MR) is 307 cm³/mol. The van der Waals surface area contributed by atoms with Crippen LogP contribution in [-0.2, 0) is 4.79 Å². The Hall–Kier alpha value is -1.21. The third-order valence-corrected chi connectivity index (χ3v) is 15.1. The monoisotopic (exact) mass is 988 g/mol. The SMILES string of the molecule is CCCCCCCCCCCCCC/C=C\CCCCCCCCCC(O)C(=O)NC(CO)C(O)C(O)CCC/C=C/CCCCCCCCCCCCCCCCCCCCCCCCCCCC. The highest BCUT2D eigenvalue weighted by Crippen LogP contribution is 2.18. The Bertz CT molecular complexity index is 1060. The number of rotatable bonds is 59. The van der Waals surface area contributed by atoms with Gasteiger partial charge in [-0.15, -0.1) is 0 Å². The highest BCUT2D eigenvalue weighted by Gasteiger charge is 2.28. The van der Waals surface area contributed by atoms with Gasteiger partial charge in [0.2, 0.25) is 5.91 Å². The summed E-state index contributed by atoms with van der Waals surface area (Å²) in [7, 11) is 0. The molecular formula is C64H125NO5. The maximum absolute atomic E-state index is 12.6. The number of hydrogen-bond donors (Lipinski definition) is 5. The van der Waals surface area contributed by atoms with Gasteiger partial charge in [0.05, 0.1) is 18.8 Å². The summed E-state index contributed by atoms with van der Waals surface area (Å²) >= 11 is 0. The molecule has 0 rings (SSSR count). The molecule has 0 spiro atoms. The summed E-state index contributed by atoms with van der Waals surface area (Å²) in [5, 5.41) is 44.1. The van der Waals surface area contributed by atoms with Crippen LogP contribution in [0.3, 0.4) is 0 Å². The number of carbonyl (C=O) groups excluding carboxylic acids is 1. The average molecular weight is 989 g/mol. The Morgan fingerprint density at radius 3 is 0.857 bits per heavy atom. The topological polar surface area (TPSA) is 110 Å². The van der Waals surface area contributed by atoms with Crippen molar-refractivity contribution < 1.29 is 25.2 Å². The first kappa shape index (κ1) is 68.8. The van der Waals surface area contributed by atoms with Gasteiger partial charge < -0.3 is 25.7 Å². The molecule has 0 saturated carbocycles. The van der Waals surface area contributed by atoms with E-state index in [1.54, 1.807) is 0 Å². The van der Waals surface area contributed by atoms with Crippen LogP contribution in [0.2, 0.25) is 0 Å². The van der Waals surface area contributed by atoms with E-state index >= 15 is 0 Å². The zero-order valence-corrected chi connectivity index (χ0v) is 47.3. The molecule has 0 aromatic carbocycles. The van der Waals surface area contributed by atoms with Crippen molar-refractivity contribution in [3.8, 4) is 0 Å². The molecule has 1 amide bonds. The molecule has 0 bridgehead atoms. The van der Waals surface area contributed by atoms with E-state index in [2.05, 4.69) is 43.5 Å². The fraction of sp³-hybridized carbons (Fsp3) is 0.922. The largest absolute Gasteiger partial charge is 0.394 e. The second kappa shape index (κ2) is 58.7. The first-order valence-electron chi connectivity index (χ1n) is 31.7. The second-order valence-electron chi connectivity index (χ2n) is 22.1. The van der Waals surface area contributed by atoms with Crippen molar-refractivity contribution >= 4 is 5.91 Å². The molecule has 0 aromatic heterocycles. The Morgan fingerprint density at radius 1 is 0.343 bits per heavy atom. The minimum absolute atomic E-state index is 0.360. The summed E-state index contributed by atoms with van der Waals surface area (Å²) in [6.45, 7) is 4.09. The standard InChI is InChI=1S/C64H125NO5/c1-3-5-7-9-11-13-15-17-19-21-23-25-27-28-29-30-31-32-33-34-36-37-39-41-43-45-47-49-51-53-55-57-61(67)63(69)60(59-66)65-64(70)62(68)58-56-54-52-50-48-46-44-42-40-38-35-26-24-22-20-18-16-14-12-10-8-6-4-2/h38,40,49,51,60-63,66-69H,3-37,39,41-48,50,52-59H2,1-2H3,(H,65,70)/b40-38-,51-49+. The van der Waals surface area contributed by atoms with E-state index in [0.717, 1.165) is 38.5 Å². The Kier molecular flexibility index (Phi) is 57.7. The van der Waals surface area contributed by atoms with Crippen molar-refractivity contribution in [2.75, 3.05) is 6.61 Å². The molecule has 0 saturated heterocycles. The average Bonchev–Trinajstić information content (AvgIpc) is 3.36. The zero-order chi connectivity index (χ0) is 50.9. The first-order valence-corrected chi connectivity index (χ1v) is 31.7. The molecule has 5 N–H and O–H groups in total. The predicted octanol–water partition coefficient (Wildman–Crippen LogP) is 19.0. The summed E-state index contributed by atoms with van der Waals surface area (Å²) in [6.07, 6.45) is 72.8. The number of allylic oxidation sites excluding steroid dienone is 4. The molecule has 0 aliphatic rings. The summed E-state index contributed by atoms with van der Waals surface area (Å²) in [4.78, 5) is 12.6. The Morgan fingerprint density at radius 2 is 0.586 bits per heavy atom. The van der Waals surface area contributed by atoms with Crippen LogP contribution >= 0.6 is 0 Å². The molecule has 416 valence electrons. The van der Waals surface area contributed by atoms with Gasteiger partial charge in [-0.3, -0.25) is 4.79 Å². The lowest BCUT2D eigenvalue weighted by atomic mass is 10.00. The van der Waals surface area contributed by atoms with Gasteiger partial charge in [0.15, 0.2) is 0 Å². The minimum Gasteiger partial charge on any atom is -0.394 e. The van der Waals surface area contributed by atoms with Gasteiger partial charge in [-0.25, -0.2) is 0 Å². The van der Waals surface area contributed by atoms with Crippen LogP contribution < -0.4 is 5.32 Å². The van der Waals surface area contributed by atoms with Crippen molar-refractivity contribution in [1.29, 1.82) is 0 Å². The lowest BCUT2D eigenvalue weighted by Crippen LogP contribution is -2.53. The number of unbranched alkanes of at least 4 members (excludes halogenated alkanes) is 46. The van der Waals surface area contributed by atoms with Crippen LogP contribution in [0.4, 0.5) is 0 Å². The maximum atomic E-state index is 12.6. The van der Waals surface area contributed by atoms with Gasteiger partial charge in [0, 0.05) is 0 Å². The zero-order valence-electron chi connectivity index (χ0n) is 47.3. The van der Waals surface area contributed by atoms with Crippen molar-refractivity contribution in [3.05, 3.63) is 24.3 Å². The third-order valence-electron chi connectivity index (χ3n) is 15.1. The van der Waals surface area contributed by atoms with Crippen LogP contribution in [0.5, 0.6) is 0 Å². The number of aliphatic hydroxyl groups is 4. The molecule has 6 nitrogen and oxygen atoms in total. The number of aliphatic hydroxyl groups excluding tert-OH is 4. The molecule has 0 aliphatic heterocycles. The number of hydrogen-bond acceptors (Lipinski definition) is 5. The van der Waals surface area contributed by atoms with Crippen LogP contribution in [-0.4, -0.2) is 57.3 Å². The van der Waals surface area contributed by atoms with E-state index in [1.165, 1.54) is 283 Å². The van der Waals surface area contributed by atoms with Crippen molar-refractivity contribution in [2.24, 2.45) is 0 Å². The Balaban J connectivity index is 3.60. The van der Waals surface area contributed by atoms with E-state index in [-0.39, 0.29) is 0 Å². The highest BCUT2D eigenvalue weighted by atomic mass is 16.3. The molecule has 0 heterocycles. The molecule has 0 radical (unpaired) electrons. The van der Waals surface area contributed by atoms with Crippen LogP contribution in [0.15, 0.2) is 24.3 Å². The van der Waals surface area contributed by atoms with Gasteiger partial charge in [-0.2, -0.15) is 0 Å². The lowest BCUT2D eigenvalue weighted by molar-refractivity contribution is -0.132. The molecule has 70 heavy (non-hydrogen) atoms. The molecule has 4 unspecified atom stereocenters. The molecular weight excluding hydrogens is 863 g/mol. The summed E-state index contributed by atoms with van der Waals surface area (Å²) in [5.41, 5.74) is 0. The van der Waals surface area contributed by atoms with Crippen LogP contribution in [0, 0.1) is 0 Å². The summed E-state index contributed by atoms with van der Waals surface area (Å²) in [6, 6.07) is -1.00. The van der Waals surface area contributed by atoms with Crippen molar-refractivity contribution in [2.45, 2.75) is 372 Å². The summed E-state index contributed by atoms with van der Waals surface area (Å²) < 4.78 is 0. The van der Waals surface area contributed by atoms with Crippen LogP contribution in [0.1, 0.15) is 348 Å². The smallest absolute Gasteiger partial charge is 0.249 e. The molecule has 0 fully saturated rings. The molecule has 4 atom stereocenters. The number of nitrogens with one attached hydrogen (secondary N) is 1. The Labute approximate surface area is 437 Å². The molecule has 0 aromatic rings. The fourth-order valence-corrected chi connectivity index (χ4v) is 10.2.